The number of rotatable bonds is 9. The SMILES string of the molecule is O=S(=O)(NCCCOCC1CC1)c1ccccc1CO. The molecule has 1 aromatic carbocycles. The number of hydrogen-bond donors (Lipinski definition) is 2. The van der Waals surface area contributed by atoms with Crippen LogP contribution < -0.4 is 4.72 Å². The molecular weight excluding hydrogens is 278 g/mol. The molecule has 0 saturated heterocycles. The molecule has 1 aliphatic rings. The van der Waals surface area contributed by atoms with Gasteiger partial charge in [-0.3, -0.25) is 0 Å². The summed E-state index contributed by atoms with van der Waals surface area (Å²) < 4.78 is 32.2. The molecule has 1 aliphatic carbocycles. The molecule has 6 heteroatoms. The van der Waals surface area contributed by atoms with E-state index in [2.05, 4.69) is 4.72 Å². The van der Waals surface area contributed by atoms with Crippen LogP contribution in [0.2, 0.25) is 0 Å². The predicted octanol–water partition coefficient (Wildman–Crippen LogP) is 1.27. The molecule has 20 heavy (non-hydrogen) atoms. The van der Waals surface area contributed by atoms with Gasteiger partial charge < -0.3 is 9.84 Å². The van der Waals surface area contributed by atoms with Gasteiger partial charge in [0, 0.05) is 19.8 Å². The topological polar surface area (TPSA) is 75.6 Å². The molecule has 1 fully saturated rings. The summed E-state index contributed by atoms with van der Waals surface area (Å²) in [5, 5.41) is 9.17. The molecule has 112 valence electrons. The van der Waals surface area contributed by atoms with Gasteiger partial charge in [0.25, 0.3) is 0 Å². The van der Waals surface area contributed by atoms with Crippen LogP contribution in [-0.4, -0.2) is 33.3 Å². The lowest BCUT2D eigenvalue weighted by atomic mass is 10.2. The quantitative estimate of drug-likeness (QED) is 0.673. The van der Waals surface area contributed by atoms with Gasteiger partial charge in [-0.15, -0.1) is 0 Å². The third-order valence-electron chi connectivity index (χ3n) is 3.24. The van der Waals surface area contributed by atoms with Crippen LogP contribution in [0.25, 0.3) is 0 Å². The molecular formula is C14H21NO4S. The lowest BCUT2D eigenvalue weighted by Crippen LogP contribution is -2.26. The van der Waals surface area contributed by atoms with Crippen molar-refractivity contribution >= 4 is 10.0 Å². The Morgan fingerprint density at radius 3 is 2.75 bits per heavy atom. The summed E-state index contributed by atoms with van der Waals surface area (Å²) in [6.07, 6.45) is 3.16. The van der Waals surface area contributed by atoms with Crippen molar-refractivity contribution < 1.29 is 18.3 Å². The van der Waals surface area contributed by atoms with Crippen LogP contribution in [0.5, 0.6) is 0 Å². The normalized spacial score (nSPS) is 15.4. The maximum Gasteiger partial charge on any atom is 0.240 e. The van der Waals surface area contributed by atoms with Gasteiger partial charge in [-0.2, -0.15) is 0 Å². The zero-order chi connectivity index (χ0) is 14.4. The fraction of sp³-hybridized carbons (Fsp3) is 0.571. The summed E-state index contributed by atoms with van der Waals surface area (Å²) >= 11 is 0. The summed E-state index contributed by atoms with van der Waals surface area (Å²) in [4.78, 5) is 0.140. The van der Waals surface area contributed by atoms with Gasteiger partial charge in [0.1, 0.15) is 0 Å². The van der Waals surface area contributed by atoms with Crippen molar-refractivity contribution in [2.24, 2.45) is 5.92 Å². The highest BCUT2D eigenvalue weighted by molar-refractivity contribution is 7.89. The lowest BCUT2D eigenvalue weighted by molar-refractivity contribution is 0.123. The van der Waals surface area contributed by atoms with E-state index in [0.717, 1.165) is 12.5 Å². The molecule has 0 aromatic heterocycles. The molecule has 5 nitrogen and oxygen atoms in total. The molecule has 2 N–H and O–H groups in total. The highest BCUT2D eigenvalue weighted by Gasteiger charge is 2.21. The third kappa shape index (κ3) is 4.56. The molecule has 1 saturated carbocycles. The second kappa shape index (κ2) is 7.17. The average Bonchev–Trinajstić information content (AvgIpc) is 3.26. The molecule has 2 rings (SSSR count). The van der Waals surface area contributed by atoms with Crippen molar-refractivity contribution in [1.82, 2.24) is 4.72 Å². The first-order chi connectivity index (χ1) is 9.63. The van der Waals surface area contributed by atoms with E-state index in [4.69, 9.17) is 9.84 Å². The average molecular weight is 299 g/mol. The highest BCUT2D eigenvalue weighted by Crippen LogP contribution is 2.28. The zero-order valence-electron chi connectivity index (χ0n) is 11.4. The minimum Gasteiger partial charge on any atom is -0.392 e. The van der Waals surface area contributed by atoms with Gasteiger partial charge in [-0.05, 0) is 36.8 Å². The molecule has 0 amide bonds. The van der Waals surface area contributed by atoms with E-state index in [-0.39, 0.29) is 11.5 Å². The number of benzene rings is 1. The molecule has 1 aromatic rings. The van der Waals surface area contributed by atoms with E-state index in [1.165, 1.54) is 18.9 Å². The van der Waals surface area contributed by atoms with Crippen molar-refractivity contribution in [2.45, 2.75) is 30.8 Å². The fourth-order valence-corrected chi connectivity index (χ4v) is 3.19. The van der Waals surface area contributed by atoms with Crippen molar-refractivity contribution in [3.05, 3.63) is 29.8 Å². The molecule has 0 bridgehead atoms. The first-order valence-corrected chi connectivity index (χ1v) is 8.38. The standard InChI is InChI=1S/C14H21NO4S/c16-10-13-4-1-2-5-14(13)20(17,18)15-8-3-9-19-11-12-6-7-12/h1-2,4-5,12,15-16H,3,6-11H2. The number of ether oxygens (including phenoxy) is 1. The monoisotopic (exact) mass is 299 g/mol. The summed E-state index contributed by atoms with van der Waals surface area (Å²) in [6, 6.07) is 6.45. The highest BCUT2D eigenvalue weighted by atomic mass is 32.2. The maximum absolute atomic E-state index is 12.1. The van der Waals surface area contributed by atoms with Crippen molar-refractivity contribution in [3.8, 4) is 0 Å². The van der Waals surface area contributed by atoms with Crippen LogP contribution in [0.15, 0.2) is 29.2 Å². The van der Waals surface area contributed by atoms with Crippen molar-refractivity contribution in [1.29, 1.82) is 0 Å². The summed E-state index contributed by atoms with van der Waals surface area (Å²) in [5.41, 5.74) is 0.407. The molecule has 0 spiro atoms. The lowest BCUT2D eigenvalue weighted by Gasteiger charge is -2.10. The van der Waals surface area contributed by atoms with E-state index < -0.39 is 10.0 Å². The van der Waals surface area contributed by atoms with Gasteiger partial charge in [0.2, 0.25) is 10.0 Å². The Morgan fingerprint density at radius 2 is 2.05 bits per heavy atom. The third-order valence-corrected chi connectivity index (χ3v) is 4.80. The Hall–Kier alpha value is -0.950. The van der Waals surface area contributed by atoms with Gasteiger partial charge in [-0.1, -0.05) is 18.2 Å². The van der Waals surface area contributed by atoms with Gasteiger partial charge in [0.05, 0.1) is 11.5 Å². The van der Waals surface area contributed by atoms with Crippen LogP contribution in [-0.2, 0) is 21.4 Å². The van der Waals surface area contributed by atoms with Crippen molar-refractivity contribution in [2.75, 3.05) is 19.8 Å². The van der Waals surface area contributed by atoms with E-state index in [9.17, 15) is 8.42 Å². The zero-order valence-corrected chi connectivity index (χ0v) is 12.2. The first-order valence-electron chi connectivity index (χ1n) is 6.89. The Balaban J connectivity index is 1.77. The molecule has 0 atom stereocenters. The summed E-state index contributed by atoms with van der Waals surface area (Å²) in [7, 11) is -3.56. The maximum atomic E-state index is 12.1. The Morgan fingerprint density at radius 1 is 1.30 bits per heavy atom. The minimum absolute atomic E-state index is 0.140. The number of aliphatic hydroxyl groups excluding tert-OH is 1. The number of nitrogens with one attached hydrogen (secondary N) is 1. The predicted molar refractivity (Wildman–Crippen MR) is 75.7 cm³/mol. The largest absolute Gasteiger partial charge is 0.392 e. The van der Waals surface area contributed by atoms with Crippen LogP contribution in [0, 0.1) is 5.92 Å². The second-order valence-corrected chi connectivity index (χ2v) is 6.77. The van der Waals surface area contributed by atoms with Crippen LogP contribution in [0.4, 0.5) is 0 Å². The van der Waals surface area contributed by atoms with Gasteiger partial charge in [-0.25, -0.2) is 13.1 Å². The summed E-state index contributed by atoms with van der Waals surface area (Å²) in [6.45, 7) is 1.41. The van der Waals surface area contributed by atoms with E-state index in [0.29, 0.717) is 25.1 Å². The van der Waals surface area contributed by atoms with E-state index in [1.54, 1.807) is 18.2 Å². The van der Waals surface area contributed by atoms with Gasteiger partial charge in [0.15, 0.2) is 0 Å². The number of sulfonamides is 1. The van der Waals surface area contributed by atoms with Crippen LogP contribution in [0.1, 0.15) is 24.8 Å². The fourth-order valence-electron chi connectivity index (χ4n) is 1.89. The first kappa shape index (κ1) is 15.4. The number of hydrogen-bond acceptors (Lipinski definition) is 4. The second-order valence-electron chi connectivity index (χ2n) is 5.04. The Bertz CT molecular complexity index is 526. The Kier molecular flexibility index (Phi) is 5.54. The molecule has 0 unspecified atom stereocenters. The molecule has 0 heterocycles. The van der Waals surface area contributed by atoms with E-state index >= 15 is 0 Å². The molecule has 0 radical (unpaired) electrons. The Labute approximate surface area is 120 Å². The minimum atomic E-state index is -3.56. The number of aliphatic hydroxyl groups is 1. The molecule has 0 aliphatic heterocycles. The van der Waals surface area contributed by atoms with Crippen molar-refractivity contribution in [3.63, 3.8) is 0 Å². The smallest absolute Gasteiger partial charge is 0.240 e. The van der Waals surface area contributed by atoms with E-state index in [1.807, 2.05) is 0 Å². The van der Waals surface area contributed by atoms with Crippen LogP contribution in [0.3, 0.4) is 0 Å². The van der Waals surface area contributed by atoms with Crippen LogP contribution >= 0.6 is 0 Å². The summed E-state index contributed by atoms with van der Waals surface area (Å²) in [5.74, 6) is 0.725. The van der Waals surface area contributed by atoms with Gasteiger partial charge >= 0.3 is 0 Å².